The number of ether oxygens (including phenoxy) is 1. The summed E-state index contributed by atoms with van der Waals surface area (Å²) >= 11 is 24.4. The lowest BCUT2D eigenvalue weighted by molar-refractivity contribution is -0.158. The SMILES string of the molecule is CC(F)(F)Oc1cc2c(cc1Cl)c1c(n2C(=S)NCc2ccnc(Cl)c2)CCC(C/C=C/c2ccc(Cl)cc2)CCC1. The molecule has 0 aliphatic heterocycles. The van der Waals surface area contributed by atoms with Gasteiger partial charge in [0.05, 0.1) is 10.5 Å². The topological polar surface area (TPSA) is 39.1 Å². The van der Waals surface area contributed by atoms with Crippen molar-refractivity contribution in [3.8, 4) is 5.75 Å². The van der Waals surface area contributed by atoms with Gasteiger partial charge in [0.2, 0.25) is 0 Å². The summed E-state index contributed by atoms with van der Waals surface area (Å²) in [5.41, 5.74) is 4.94. The van der Waals surface area contributed by atoms with Gasteiger partial charge in [0, 0.05) is 41.8 Å². The number of aryl methyl sites for hydroxylation is 1. The van der Waals surface area contributed by atoms with E-state index in [9.17, 15) is 8.78 Å². The number of nitrogens with zero attached hydrogens (tertiary/aromatic N) is 2. The first-order valence-corrected chi connectivity index (χ1v) is 15.3. The molecule has 2 heterocycles. The summed E-state index contributed by atoms with van der Waals surface area (Å²) in [6, 6.07) is 14.7. The minimum absolute atomic E-state index is 0.0858. The fraction of sp³-hybridized carbons (Fsp3) is 0.312. The number of fused-ring (bicyclic) bond motifs is 3. The summed E-state index contributed by atoms with van der Waals surface area (Å²) in [6.07, 6.45) is 8.23. The molecule has 42 heavy (non-hydrogen) atoms. The van der Waals surface area contributed by atoms with Gasteiger partial charge < -0.3 is 10.1 Å². The maximum atomic E-state index is 13.8. The average molecular weight is 649 g/mol. The Morgan fingerprint density at radius 2 is 1.90 bits per heavy atom. The van der Waals surface area contributed by atoms with E-state index in [1.807, 2.05) is 34.9 Å². The second kappa shape index (κ2) is 13.3. The molecule has 4 aromatic rings. The molecule has 1 N–H and O–H groups in total. The lowest BCUT2D eigenvalue weighted by atomic mass is 9.87. The Labute approximate surface area is 264 Å². The van der Waals surface area contributed by atoms with Gasteiger partial charge in [0.25, 0.3) is 0 Å². The van der Waals surface area contributed by atoms with Crippen LogP contribution in [-0.4, -0.2) is 20.8 Å². The second-order valence-electron chi connectivity index (χ2n) is 10.6. The number of thiocarbonyl (C=S) groups is 1. The maximum Gasteiger partial charge on any atom is 0.394 e. The molecular formula is C32H30Cl3F2N3OS. The van der Waals surface area contributed by atoms with Crippen molar-refractivity contribution < 1.29 is 13.5 Å². The van der Waals surface area contributed by atoms with Crippen LogP contribution in [0.2, 0.25) is 15.2 Å². The number of benzene rings is 2. The van der Waals surface area contributed by atoms with E-state index in [4.69, 9.17) is 51.8 Å². The van der Waals surface area contributed by atoms with Crippen molar-refractivity contribution in [1.29, 1.82) is 0 Å². The first kappa shape index (κ1) is 30.7. The van der Waals surface area contributed by atoms with E-state index >= 15 is 0 Å². The van der Waals surface area contributed by atoms with Crippen LogP contribution in [0.3, 0.4) is 0 Å². The van der Waals surface area contributed by atoms with E-state index in [1.165, 1.54) is 0 Å². The largest absolute Gasteiger partial charge is 0.431 e. The third kappa shape index (κ3) is 7.62. The number of alkyl halides is 2. The monoisotopic (exact) mass is 647 g/mol. The molecule has 0 radical (unpaired) electrons. The van der Waals surface area contributed by atoms with Gasteiger partial charge in [-0.3, -0.25) is 4.57 Å². The van der Waals surface area contributed by atoms with Crippen molar-refractivity contribution in [1.82, 2.24) is 14.9 Å². The Kier molecular flexibility index (Phi) is 9.73. The van der Waals surface area contributed by atoms with Gasteiger partial charge in [0.1, 0.15) is 10.9 Å². The van der Waals surface area contributed by atoms with Crippen LogP contribution in [0.4, 0.5) is 8.78 Å². The summed E-state index contributed by atoms with van der Waals surface area (Å²) in [7, 11) is 0. The lowest BCUT2D eigenvalue weighted by Crippen LogP contribution is -2.29. The van der Waals surface area contributed by atoms with E-state index in [0.717, 1.165) is 71.3 Å². The van der Waals surface area contributed by atoms with Gasteiger partial charge in [-0.15, -0.1) is 0 Å². The summed E-state index contributed by atoms with van der Waals surface area (Å²) < 4.78 is 34.6. The quantitative estimate of drug-likeness (QED) is 0.160. The Balaban J connectivity index is 1.45. The Morgan fingerprint density at radius 3 is 2.64 bits per heavy atom. The highest BCUT2D eigenvalue weighted by Crippen LogP contribution is 2.39. The van der Waals surface area contributed by atoms with Gasteiger partial charge in [-0.1, -0.05) is 59.1 Å². The van der Waals surface area contributed by atoms with Crippen LogP contribution in [0.15, 0.2) is 60.8 Å². The smallest absolute Gasteiger partial charge is 0.394 e. The van der Waals surface area contributed by atoms with Crippen molar-refractivity contribution in [2.24, 2.45) is 5.92 Å². The zero-order chi connectivity index (χ0) is 29.9. The van der Waals surface area contributed by atoms with E-state index in [1.54, 1.807) is 24.4 Å². The predicted molar refractivity (Wildman–Crippen MR) is 172 cm³/mol. The molecule has 5 rings (SSSR count). The third-order valence-electron chi connectivity index (χ3n) is 7.44. The number of aromatic nitrogens is 2. The van der Waals surface area contributed by atoms with Gasteiger partial charge in [-0.25, -0.2) is 4.98 Å². The van der Waals surface area contributed by atoms with Gasteiger partial charge in [0.15, 0.2) is 5.11 Å². The van der Waals surface area contributed by atoms with Crippen LogP contribution in [0.5, 0.6) is 5.75 Å². The second-order valence-corrected chi connectivity index (χ2v) is 12.2. The molecule has 0 saturated heterocycles. The molecule has 0 bridgehead atoms. The molecule has 2 aromatic heterocycles. The van der Waals surface area contributed by atoms with E-state index in [2.05, 4.69) is 22.5 Å². The molecule has 0 fully saturated rings. The molecule has 0 amide bonds. The number of pyridine rings is 1. The number of hydrogen-bond donors (Lipinski definition) is 1. The average Bonchev–Trinajstić information content (AvgIpc) is 3.20. The first-order chi connectivity index (χ1) is 20.1. The summed E-state index contributed by atoms with van der Waals surface area (Å²) in [5, 5.41) is 5.94. The molecule has 1 atom stereocenters. The van der Waals surface area contributed by atoms with Crippen LogP contribution in [0, 0.1) is 5.92 Å². The van der Waals surface area contributed by atoms with Gasteiger partial charge in [-0.05, 0) is 104 Å². The molecule has 1 aliphatic rings. The van der Waals surface area contributed by atoms with Crippen molar-refractivity contribution >= 4 is 69.1 Å². The Hall–Kier alpha value is -2.71. The lowest BCUT2D eigenvalue weighted by Gasteiger charge is -2.21. The predicted octanol–water partition coefficient (Wildman–Crippen LogP) is 9.90. The molecule has 10 heteroatoms. The number of allylic oxidation sites excluding steroid dienone is 1. The highest BCUT2D eigenvalue weighted by atomic mass is 35.5. The summed E-state index contributed by atoms with van der Waals surface area (Å²) in [6.45, 7) is 1.12. The first-order valence-electron chi connectivity index (χ1n) is 13.8. The van der Waals surface area contributed by atoms with E-state index in [-0.39, 0.29) is 10.8 Å². The number of hydrogen-bond acceptors (Lipinski definition) is 3. The van der Waals surface area contributed by atoms with Crippen molar-refractivity contribution in [2.75, 3.05) is 0 Å². The molecule has 2 aromatic carbocycles. The number of rotatable bonds is 7. The van der Waals surface area contributed by atoms with Gasteiger partial charge in [-0.2, -0.15) is 8.78 Å². The van der Waals surface area contributed by atoms with Crippen molar-refractivity contribution in [3.63, 3.8) is 0 Å². The van der Waals surface area contributed by atoms with Crippen molar-refractivity contribution in [3.05, 3.63) is 98.4 Å². The normalized spacial score (nSPS) is 15.8. The maximum absolute atomic E-state index is 13.8. The van der Waals surface area contributed by atoms with Crippen LogP contribution in [0.1, 0.15) is 55.0 Å². The minimum Gasteiger partial charge on any atom is -0.431 e. The van der Waals surface area contributed by atoms with Crippen LogP contribution < -0.4 is 10.1 Å². The minimum atomic E-state index is -3.38. The molecule has 4 nitrogen and oxygen atoms in total. The molecule has 1 unspecified atom stereocenters. The summed E-state index contributed by atoms with van der Waals surface area (Å²) in [5.74, 6) is 0.409. The van der Waals surface area contributed by atoms with Crippen LogP contribution in [0.25, 0.3) is 17.0 Å². The third-order valence-corrected chi connectivity index (χ3v) is 8.52. The highest BCUT2D eigenvalue weighted by Gasteiger charge is 2.28. The van der Waals surface area contributed by atoms with Crippen LogP contribution in [-0.2, 0) is 19.4 Å². The Morgan fingerprint density at radius 1 is 1.12 bits per heavy atom. The highest BCUT2D eigenvalue weighted by molar-refractivity contribution is 7.80. The fourth-order valence-corrected chi connectivity index (χ4v) is 6.32. The molecule has 1 aliphatic carbocycles. The molecule has 220 valence electrons. The number of halogens is 5. The zero-order valence-electron chi connectivity index (χ0n) is 23.0. The fourth-order valence-electron chi connectivity index (χ4n) is 5.52. The molecule has 0 spiro atoms. The van der Waals surface area contributed by atoms with Crippen molar-refractivity contribution in [2.45, 2.75) is 58.1 Å². The van der Waals surface area contributed by atoms with E-state index in [0.29, 0.717) is 35.2 Å². The van der Waals surface area contributed by atoms with E-state index < -0.39 is 6.11 Å². The number of nitrogens with one attached hydrogen (secondary N) is 1. The standard InChI is InChI=1S/C32H30Cl3F2N3OS/c1-32(36,37)41-29-18-28-25(17-26(29)34)24-7-3-6-20(4-2-5-21-8-11-23(33)12-9-21)10-13-27(24)40(28)31(42)39-19-22-14-15-38-30(35)16-22/h2,5,8-9,11-12,14-18,20H,3-4,6-7,10,13,19H2,1H3,(H,39,42)/b5-2+. The summed E-state index contributed by atoms with van der Waals surface area (Å²) in [4.78, 5) is 4.03. The van der Waals surface area contributed by atoms with Crippen LogP contribution >= 0.6 is 47.0 Å². The molecule has 0 saturated carbocycles. The molecular weight excluding hydrogens is 619 g/mol. The zero-order valence-corrected chi connectivity index (χ0v) is 26.1. The Bertz CT molecular complexity index is 1620. The van der Waals surface area contributed by atoms with Gasteiger partial charge >= 0.3 is 6.11 Å².